The van der Waals surface area contributed by atoms with E-state index in [0.29, 0.717) is 11.1 Å². The van der Waals surface area contributed by atoms with Crippen LogP contribution in [0.4, 0.5) is 5.95 Å². The molecule has 0 spiro atoms. The molecule has 20 heavy (non-hydrogen) atoms. The van der Waals surface area contributed by atoms with Crippen LogP contribution in [-0.2, 0) is 11.3 Å². The zero-order valence-electron chi connectivity index (χ0n) is 12.7. The largest absolute Gasteiger partial charge is 0.481 e. The minimum atomic E-state index is -0.837. The van der Waals surface area contributed by atoms with Gasteiger partial charge in [0.05, 0.1) is 5.75 Å². The number of carboxylic acid groups (broad SMARTS) is 1. The molecule has 0 saturated heterocycles. The summed E-state index contributed by atoms with van der Waals surface area (Å²) in [6.45, 7) is 8.19. The van der Waals surface area contributed by atoms with Crippen molar-refractivity contribution < 1.29 is 9.90 Å². The van der Waals surface area contributed by atoms with Crippen LogP contribution in [0.1, 0.15) is 33.6 Å². The number of anilines is 1. The molecule has 0 aromatic carbocycles. The number of carboxylic acids is 1. The Bertz CT molecular complexity index is 434. The van der Waals surface area contributed by atoms with Gasteiger partial charge in [0.1, 0.15) is 0 Å². The smallest absolute Gasteiger partial charge is 0.313 e. The normalized spacial score (nSPS) is 11.1. The standard InChI is InChI=1S/C13H24N4O2S/c1-5-7-17-12(16(4)8-6-10(2)3)14-15-13(17)20-9-11(18)19/h10H,5-9H2,1-4H3,(H,18,19). The number of hydrogen-bond donors (Lipinski definition) is 1. The van der Waals surface area contributed by atoms with Crippen molar-refractivity contribution in [3.63, 3.8) is 0 Å². The fraction of sp³-hybridized carbons (Fsp3) is 0.769. The third-order valence-corrected chi connectivity index (χ3v) is 3.80. The minimum Gasteiger partial charge on any atom is -0.481 e. The highest BCUT2D eigenvalue weighted by molar-refractivity contribution is 7.99. The zero-order valence-corrected chi connectivity index (χ0v) is 13.5. The van der Waals surface area contributed by atoms with Gasteiger partial charge in [0, 0.05) is 20.1 Å². The third kappa shape index (κ3) is 5.03. The molecular weight excluding hydrogens is 276 g/mol. The zero-order chi connectivity index (χ0) is 15.1. The fourth-order valence-corrected chi connectivity index (χ4v) is 2.45. The first-order valence-corrected chi connectivity index (χ1v) is 7.93. The number of carbonyl (C=O) groups is 1. The van der Waals surface area contributed by atoms with E-state index in [2.05, 4.69) is 35.9 Å². The van der Waals surface area contributed by atoms with Gasteiger partial charge in [-0.05, 0) is 18.8 Å². The molecule has 0 aliphatic carbocycles. The van der Waals surface area contributed by atoms with E-state index in [1.54, 1.807) is 0 Å². The van der Waals surface area contributed by atoms with Gasteiger partial charge in [-0.15, -0.1) is 10.2 Å². The number of nitrogens with zero attached hydrogens (tertiary/aromatic N) is 4. The maximum atomic E-state index is 10.7. The molecule has 1 aromatic heterocycles. The van der Waals surface area contributed by atoms with E-state index in [1.807, 2.05) is 11.6 Å². The molecule has 1 heterocycles. The van der Waals surface area contributed by atoms with Gasteiger partial charge in [0.15, 0.2) is 5.16 Å². The molecule has 0 saturated carbocycles. The second kappa shape index (κ2) is 8.14. The summed E-state index contributed by atoms with van der Waals surface area (Å²) in [6, 6.07) is 0. The maximum Gasteiger partial charge on any atom is 0.313 e. The van der Waals surface area contributed by atoms with Crippen molar-refractivity contribution >= 4 is 23.7 Å². The average molecular weight is 300 g/mol. The van der Waals surface area contributed by atoms with Gasteiger partial charge < -0.3 is 10.0 Å². The third-order valence-electron chi connectivity index (χ3n) is 2.85. The average Bonchev–Trinajstić information content (AvgIpc) is 2.77. The van der Waals surface area contributed by atoms with Gasteiger partial charge >= 0.3 is 5.97 Å². The molecule has 0 unspecified atom stereocenters. The lowest BCUT2D eigenvalue weighted by atomic mass is 10.1. The summed E-state index contributed by atoms with van der Waals surface area (Å²) >= 11 is 1.22. The van der Waals surface area contributed by atoms with Crippen molar-refractivity contribution in [2.45, 2.75) is 45.3 Å². The molecular formula is C13H24N4O2S. The lowest BCUT2D eigenvalue weighted by Crippen LogP contribution is -2.24. The lowest BCUT2D eigenvalue weighted by Gasteiger charge is -2.20. The van der Waals surface area contributed by atoms with E-state index in [9.17, 15) is 4.79 Å². The van der Waals surface area contributed by atoms with Gasteiger partial charge in [-0.25, -0.2) is 0 Å². The van der Waals surface area contributed by atoms with Crippen molar-refractivity contribution in [1.29, 1.82) is 0 Å². The molecule has 0 bridgehead atoms. The second-order valence-corrected chi connectivity index (χ2v) is 6.16. The van der Waals surface area contributed by atoms with E-state index in [-0.39, 0.29) is 5.75 Å². The monoisotopic (exact) mass is 300 g/mol. The van der Waals surface area contributed by atoms with Gasteiger partial charge in [0.2, 0.25) is 5.95 Å². The van der Waals surface area contributed by atoms with Gasteiger partial charge in [0.25, 0.3) is 0 Å². The van der Waals surface area contributed by atoms with Crippen LogP contribution in [0.3, 0.4) is 0 Å². The number of hydrogen-bond acceptors (Lipinski definition) is 5. The quantitative estimate of drug-likeness (QED) is 0.706. The Kier molecular flexibility index (Phi) is 6.84. The number of aliphatic carboxylic acids is 1. The van der Waals surface area contributed by atoms with Crippen LogP contribution < -0.4 is 4.90 Å². The number of thioether (sulfide) groups is 1. The van der Waals surface area contributed by atoms with E-state index in [4.69, 9.17) is 5.11 Å². The van der Waals surface area contributed by atoms with Crippen LogP contribution in [-0.4, -0.2) is 45.2 Å². The molecule has 7 heteroatoms. The summed E-state index contributed by atoms with van der Waals surface area (Å²) in [7, 11) is 2.00. The van der Waals surface area contributed by atoms with Crippen molar-refractivity contribution in [2.24, 2.45) is 5.92 Å². The highest BCUT2D eigenvalue weighted by atomic mass is 32.2. The molecule has 0 aliphatic heterocycles. The van der Waals surface area contributed by atoms with Crippen LogP contribution in [0.25, 0.3) is 0 Å². The summed E-state index contributed by atoms with van der Waals surface area (Å²) < 4.78 is 2.01. The van der Waals surface area contributed by atoms with Crippen molar-refractivity contribution in [3.8, 4) is 0 Å². The Labute approximate surface area is 124 Å². The van der Waals surface area contributed by atoms with Crippen molar-refractivity contribution in [3.05, 3.63) is 0 Å². The van der Waals surface area contributed by atoms with Crippen LogP contribution in [0, 0.1) is 5.92 Å². The highest BCUT2D eigenvalue weighted by Gasteiger charge is 2.16. The molecule has 0 atom stereocenters. The van der Waals surface area contributed by atoms with Crippen LogP contribution in [0.15, 0.2) is 5.16 Å². The van der Waals surface area contributed by atoms with E-state index < -0.39 is 5.97 Å². The lowest BCUT2D eigenvalue weighted by molar-refractivity contribution is -0.133. The summed E-state index contributed by atoms with van der Waals surface area (Å²) in [5.74, 6) is 0.634. The Morgan fingerprint density at radius 1 is 1.45 bits per heavy atom. The van der Waals surface area contributed by atoms with Gasteiger partial charge in [-0.3, -0.25) is 9.36 Å². The highest BCUT2D eigenvalue weighted by Crippen LogP contribution is 2.22. The SMILES string of the molecule is CCCn1c(SCC(=O)O)nnc1N(C)CCC(C)C. The molecule has 0 radical (unpaired) electrons. The fourth-order valence-electron chi connectivity index (χ4n) is 1.77. The number of aromatic nitrogens is 3. The van der Waals surface area contributed by atoms with E-state index in [0.717, 1.165) is 31.9 Å². The van der Waals surface area contributed by atoms with Gasteiger partial charge in [-0.2, -0.15) is 0 Å². The van der Waals surface area contributed by atoms with Crippen molar-refractivity contribution in [1.82, 2.24) is 14.8 Å². The molecule has 6 nitrogen and oxygen atoms in total. The molecule has 0 amide bonds. The first-order valence-electron chi connectivity index (χ1n) is 6.94. The number of rotatable bonds is 9. The van der Waals surface area contributed by atoms with Crippen LogP contribution in [0.5, 0.6) is 0 Å². The summed E-state index contributed by atoms with van der Waals surface area (Å²) in [4.78, 5) is 12.8. The first-order chi connectivity index (χ1) is 9.45. The molecule has 0 fully saturated rings. The van der Waals surface area contributed by atoms with E-state index >= 15 is 0 Å². The Morgan fingerprint density at radius 2 is 2.15 bits per heavy atom. The first kappa shape index (κ1) is 16.8. The summed E-state index contributed by atoms with van der Waals surface area (Å²) in [5.41, 5.74) is 0. The van der Waals surface area contributed by atoms with Crippen LogP contribution >= 0.6 is 11.8 Å². The molecule has 1 rings (SSSR count). The summed E-state index contributed by atoms with van der Waals surface area (Å²) in [6.07, 6.45) is 2.05. The molecule has 1 aromatic rings. The Balaban J connectivity index is 2.81. The topological polar surface area (TPSA) is 71.2 Å². The molecule has 0 aliphatic rings. The van der Waals surface area contributed by atoms with Crippen LogP contribution in [0.2, 0.25) is 0 Å². The predicted molar refractivity (Wildman–Crippen MR) is 81.4 cm³/mol. The Morgan fingerprint density at radius 3 is 2.70 bits per heavy atom. The molecule has 114 valence electrons. The second-order valence-electron chi connectivity index (χ2n) is 5.22. The molecule has 1 N–H and O–H groups in total. The minimum absolute atomic E-state index is 0.0115. The summed E-state index contributed by atoms with van der Waals surface area (Å²) in [5, 5.41) is 17.8. The Hall–Kier alpha value is -1.24. The predicted octanol–water partition coefficient (Wildman–Crippen LogP) is 2.35. The maximum absolute atomic E-state index is 10.7. The van der Waals surface area contributed by atoms with E-state index in [1.165, 1.54) is 11.8 Å². The van der Waals surface area contributed by atoms with Crippen molar-refractivity contribution in [2.75, 3.05) is 24.2 Å². The van der Waals surface area contributed by atoms with Gasteiger partial charge in [-0.1, -0.05) is 32.5 Å².